The SMILES string of the molecule is Cn1cc(C(N)c2cc(Br)ccc2Br)cn1. The molecule has 0 spiro atoms. The van der Waals surface area contributed by atoms with E-state index in [0.29, 0.717) is 0 Å². The van der Waals surface area contributed by atoms with Crippen LogP contribution in [0.2, 0.25) is 0 Å². The molecule has 0 bridgehead atoms. The summed E-state index contributed by atoms with van der Waals surface area (Å²) < 4.78 is 3.78. The number of hydrogen-bond donors (Lipinski definition) is 1. The van der Waals surface area contributed by atoms with E-state index in [1.54, 1.807) is 10.9 Å². The van der Waals surface area contributed by atoms with Crippen molar-refractivity contribution < 1.29 is 0 Å². The van der Waals surface area contributed by atoms with E-state index in [1.165, 1.54) is 0 Å². The van der Waals surface area contributed by atoms with Crippen LogP contribution in [0, 0.1) is 0 Å². The highest BCUT2D eigenvalue weighted by molar-refractivity contribution is 9.11. The van der Waals surface area contributed by atoms with Crippen LogP contribution < -0.4 is 5.73 Å². The summed E-state index contributed by atoms with van der Waals surface area (Å²) in [4.78, 5) is 0. The lowest BCUT2D eigenvalue weighted by atomic mass is 10.0. The zero-order chi connectivity index (χ0) is 11.7. The summed E-state index contributed by atoms with van der Waals surface area (Å²) in [6, 6.07) is 5.81. The standard InChI is InChI=1S/C11H11Br2N3/c1-16-6-7(5-15-16)11(14)9-4-8(12)2-3-10(9)13/h2-6,11H,14H2,1H3. The number of hydrogen-bond acceptors (Lipinski definition) is 2. The average Bonchev–Trinajstić information content (AvgIpc) is 2.67. The van der Waals surface area contributed by atoms with Crippen molar-refractivity contribution in [3.05, 3.63) is 50.7 Å². The van der Waals surface area contributed by atoms with Gasteiger partial charge in [0.15, 0.2) is 0 Å². The van der Waals surface area contributed by atoms with E-state index in [0.717, 1.165) is 20.1 Å². The molecule has 2 aromatic rings. The third-order valence-electron chi connectivity index (χ3n) is 2.38. The van der Waals surface area contributed by atoms with Crippen LogP contribution in [0.5, 0.6) is 0 Å². The van der Waals surface area contributed by atoms with Crippen LogP contribution in [-0.2, 0) is 7.05 Å². The van der Waals surface area contributed by atoms with E-state index >= 15 is 0 Å². The maximum atomic E-state index is 6.20. The normalized spacial score (nSPS) is 12.8. The molecule has 0 aliphatic carbocycles. The lowest BCUT2D eigenvalue weighted by molar-refractivity contribution is 0.765. The van der Waals surface area contributed by atoms with Crippen molar-refractivity contribution in [3.63, 3.8) is 0 Å². The summed E-state index contributed by atoms with van der Waals surface area (Å²) in [7, 11) is 1.88. The molecule has 0 fully saturated rings. The molecule has 2 N–H and O–H groups in total. The van der Waals surface area contributed by atoms with Crippen molar-refractivity contribution in [2.75, 3.05) is 0 Å². The Morgan fingerprint density at radius 1 is 1.38 bits per heavy atom. The average molecular weight is 345 g/mol. The maximum Gasteiger partial charge on any atom is 0.0594 e. The van der Waals surface area contributed by atoms with Crippen LogP contribution in [0.25, 0.3) is 0 Å². The predicted octanol–water partition coefficient (Wildman–Crippen LogP) is 2.99. The lowest BCUT2D eigenvalue weighted by Gasteiger charge is -2.12. The van der Waals surface area contributed by atoms with Gasteiger partial charge in [-0.1, -0.05) is 31.9 Å². The molecule has 0 aliphatic heterocycles. The zero-order valence-corrected chi connectivity index (χ0v) is 11.9. The minimum atomic E-state index is -0.166. The maximum absolute atomic E-state index is 6.20. The van der Waals surface area contributed by atoms with Crippen LogP contribution in [-0.4, -0.2) is 9.78 Å². The summed E-state index contributed by atoms with van der Waals surface area (Å²) in [5, 5.41) is 4.12. The number of benzene rings is 1. The summed E-state index contributed by atoms with van der Waals surface area (Å²) in [6.07, 6.45) is 3.72. The highest BCUT2D eigenvalue weighted by atomic mass is 79.9. The van der Waals surface area contributed by atoms with Gasteiger partial charge >= 0.3 is 0 Å². The fourth-order valence-electron chi connectivity index (χ4n) is 1.53. The lowest BCUT2D eigenvalue weighted by Crippen LogP contribution is -2.11. The number of rotatable bonds is 2. The molecule has 1 aromatic carbocycles. The van der Waals surface area contributed by atoms with Gasteiger partial charge in [-0.3, -0.25) is 4.68 Å². The topological polar surface area (TPSA) is 43.8 Å². The molecule has 0 saturated carbocycles. The molecule has 0 amide bonds. The van der Waals surface area contributed by atoms with E-state index in [-0.39, 0.29) is 6.04 Å². The molecule has 16 heavy (non-hydrogen) atoms. The van der Waals surface area contributed by atoms with Crippen LogP contribution in [0.3, 0.4) is 0 Å². The van der Waals surface area contributed by atoms with Gasteiger partial charge in [-0.15, -0.1) is 0 Å². The molecule has 84 valence electrons. The van der Waals surface area contributed by atoms with Crippen molar-refractivity contribution in [3.8, 4) is 0 Å². The molecule has 3 nitrogen and oxygen atoms in total. The monoisotopic (exact) mass is 343 g/mol. The Kier molecular flexibility index (Phi) is 3.47. The molecular formula is C11H11Br2N3. The molecule has 5 heteroatoms. The van der Waals surface area contributed by atoms with Crippen LogP contribution in [0.15, 0.2) is 39.5 Å². The number of aryl methyl sites for hydroxylation is 1. The Balaban J connectivity index is 2.40. The van der Waals surface area contributed by atoms with Crippen LogP contribution in [0.4, 0.5) is 0 Å². The van der Waals surface area contributed by atoms with Gasteiger partial charge in [0.2, 0.25) is 0 Å². The highest BCUT2D eigenvalue weighted by Gasteiger charge is 2.14. The highest BCUT2D eigenvalue weighted by Crippen LogP contribution is 2.29. The number of nitrogens with zero attached hydrogens (tertiary/aromatic N) is 2. The molecule has 0 aliphatic rings. The van der Waals surface area contributed by atoms with Gasteiger partial charge in [-0.2, -0.15) is 5.10 Å². The molecule has 1 atom stereocenters. The second kappa shape index (κ2) is 4.69. The molecule has 1 heterocycles. The van der Waals surface area contributed by atoms with Crippen LogP contribution in [0.1, 0.15) is 17.2 Å². The quantitative estimate of drug-likeness (QED) is 0.910. The Hall–Kier alpha value is -0.650. The summed E-state index contributed by atoms with van der Waals surface area (Å²) in [6.45, 7) is 0. The van der Waals surface area contributed by atoms with E-state index in [2.05, 4.69) is 37.0 Å². The van der Waals surface area contributed by atoms with Gasteiger partial charge in [0.05, 0.1) is 12.2 Å². The molecular weight excluding hydrogens is 334 g/mol. The fraction of sp³-hybridized carbons (Fsp3) is 0.182. The largest absolute Gasteiger partial charge is 0.320 e. The first kappa shape index (κ1) is 11.8. The van der Waals surface area contributed by atoms with E-state index in [9.17, 15) is 0 Å². The Morgan fingerprint density at radius 2 is 2.12 bits per heavy atom. The number of halogens is 2. The smallest absolute Gasteiger partial charge is 0.0594 e. The first-order valence-electron chi connectivity index (χ1n) is 4.77. The van der Waals surface area contributed by atoms with Gasteiger partial charge in [0.25, 0.3) is 0 Å². The molecule has 1 unspecified atom stereocenters. The Bertz CT molecular complexity index is 508. The minimum absolute atomic E-state index is 0.166. The Morgan fingerprint density at radius 3 is 2.75 bits per heavy atom. The zero-order valence-electron chi connectivity index (χ0n) is 8.69. The van der Waals surface area contributed by atoms with Crippen molar-refractivity contribution in [2.45, 2.75) is 6.04 Å². The minimum Gasteiger partial charge on any atom is -0.320 e. The third-order valence-corrected chi connectivity index (χ3v) is 3.59. The second-order valence-electron chi connectivity index (χ2n) is 3.59. The number of nitrogens with two attached hydrogens (primary N) is 1. The van der Waals surface area contributed by atoms with Crippen LogP contribution >= 0.6 is 31.9 Å². The van der Waals surface area contributed by atoms with Gasteiger partial charge in [0.1, 0.15) is 0 Å². The molecule has 1 aromatic heterocycles. The first-order valence-corrected chi connectivity index (χ1v) is 6.35. The Labute approximate surface area is 111 Å². The van der Waals surface area contributed by atoms with E-state index in [1.807, 2.05) is 31.4 Å². The van der Waals surface area contributed by atoms with Crippen molar-refractivity contribution >= 4 is 31.9 Å². The van der Waals surface area contributed by atoms with Crippen molar-refractivity contribution in [2.24, 2.45) is 12.8 Å². The second-order valence-corrected chi connectivity index (χ2v) is 5.36. The number of aromatic nitrogens is 2. The molecule has 2 rings (SSSR count). The van der Waals surface area contributed by atoms with Crippen molar-refractivity contribution in [1.82, 2.24) is 9.78 Å². The van der Waals surface area contributed by atoms with E-state index in [4.69, 9.17) is 5.73 Å². The summed E-state index contributed by atoms with van der Waals surface area (Å²) in [5.41, 5.74) is 8.24. The summed E-state index contributed by atoms with van der Waals surface area (Å²) >= 11 is 6.95. The van der Waals surface area contributed by atoms with Crippen molar-refractivity contribution in [1.29, 1.82) is 0 Å². The van der Waals surface area contributed by atoms with Gasteiger partial charge < -0.3 is 5.73 Å². The molecule has 0 saturated heterocycles. The summed E-state index contributed by atoms with van der Waals surface area (Å²) in [5.74, 6) is 0. The van der Waals surface area contributed by atoms with Gasteiger partial charge in [0, 0.05) is 27.8 Å². The van der Waals surface area contributed by atoms with E-state index < -0.39 is 0 Å². The third kappa shape index (κ3) is 2.36. The first-order chi connectivity index (χ1) is 7.58. The predicted molar refractivity (Wildman–Crippen MR) is 71.1 cm³/mol. The van der Waals surface area contributed by atoms with Gasteiger partial charge in [-0.25, -0.2) is 0 Å². The fourth-order valence-corrected chi connectivity index (χ4v) is 2.41. The molecule has 0 radical (unpaired) electrons. The van der Waals surface area contributed by atoms with Gasteiger partial charge in [-0.05, 0) is 23.8 Å².